The van der Waals surface area contributed by atoms with Crippen LogP contribution < -0.4 is 4.90 Å². The maximum absolute atomic E-state index is 7.01. The number of hydrogen-bond donors (Lipinski definition) is 0. The summed E-state index contributed by atoms with van der Waals surface area (Å²) >= 11 is 0. The summed E-state index contributed by atoms with van der Waals surface area (Å²) in [5.41, 5.74) is 11.8. The number of anilines is 3. The van der Waals surface area contributed by atoms with E-state index in [0.29, 0.717) is 0 Å². The second kappa shape index (κ2) is 13.9. The predicted octanol–water partition coefficient (Wildman–Crippen LogP) is 16.7. The predicted molar refractivity (Wildman–Crippen MR) is 255 cm³/mol. The molecular formula is C58H37NO. The Kier molecular flexibility index (Phi) is 7.89. The van der Waals surface area contributed by atoms with Gasteiger partial charge in [-0.25, -0.2) is 0 Å². The zero-order chi connectivity index (χ0) is 39.6. The second-order valence-electron chi connectivity index (χ2n) is 15.6. The molecule has 0 saturated carbocycles. The maximum Gasteiger partial charge on any atom is 0.143 e. The first kappa shape index (κ1) is 34.1. The number of fused-ring (bicyclic) bond motifs is 10. The highest BCUT2D eigenvalue weighted by Gasteiger charge is 2.20. The Morgan fingerprint density at radius 1 is 0.250 bits per heavy atom. The minimum absolute atomic E-state index is 0.889. The molecule has 0 aliphatic carbocycles. The molecule has 2 nitrogen and oxygen atoms in total. The third-order valence-electron chi connectivity index (χ3n) is 12.2. The van der Waals surface area contributed by atoms with E-state index in [-0.39, 0.29) is 0 Å². The third kappa shape index (κ3) is 5.50. The molecule has 0 aliphatic heterocycles. The molecule has 0 unspecified atom stereocenters. The molecule has 1 heterocycles. The lowest BCUT2D eigenvalue weighted by Gasteiger charge is -2.27. The lowest BCUT2D eigenvalue weighted by atomic mass is 9.94. The Labute approximate surface area is 347 Å². The molecule has 0 aliphatic rings. The van der Waals surface area contributed by atoms with Crippen LogP contribution in [0.5, 0.6) is 0 Å². The molecule has 0 saturated heterocycles. The van der Waals surface area contributed by atoms with Crippen molar-refractivity contribution in [3.63, 3.8) is 0 Å². The fourth-order valence-electron chi connectivity index (χ4n) is 9.45. The van der Waals surface area contributed by atoms with Crippen molar-refractivity contribution >= 4 is 82.1 Å². The van der Waals surface area contributed by atoms with E-state index >= 15 is 0 Å². The molecule has 11 aromatic carbocycles. The summed E-state index contributed by atoms with van der Waals surface area (Å²) in [7, 11) is 0. The van der Waals surface area contributed by atoms with Gasteiger partial charge in [0.25, 0.3) is 0 Å². The first-order valence-electron chi connectivity index (χ1n) is 20.6. The van der Waals surface area contributed by atoms with E-state index in [1.54, 1.807) is 0 Å². The third-order valence-corrected chi connectivity index (χ3v) is 12.2. The number of rotatable bonds is 6. The summed E-state index contributed by atoms with van der Waals surface area (Å²) in [4.78, 5) is 2.39. The lowest BCUT2D eigenvalue weighted by molar-refractivity contribution is 0.671. The minimum atomic E-state index is 0.889. The van der Waals surface area contributed by atoms with Gasteiger partial charge in [-0.1, -0.05) is 188 Å². The van der Waals surface area contributed by atoms with Gasteiger partial charge in [-0.2, -0.15) is 0 Å². The lowest BCUT2D eigenvalue weighted by Crippen LogP contribution is -2.10. The molecular weight excluding hydrogens is 727 g/mol. The van der Waals surface area contributed by atoms with Crippen molar-refractivity contribution in [3.8, 4) is 33.4 Å². The molecule has 2 heteroatoms. The molecule has 0 bridgehead atoms. The standard InChI is InChI=1S/C58H37NO/c1-2-14-38(15-3-1)39-30-32-42(33-31-39)59(44-34-35-52-50-23-7-6-21-48(50)49-22-8-9-24-51(49)56(52)37-44)43-19-10-18-41(36-43)46-25-12-28-54-55-29-13-27-53(58(55)60-57(46)54)47-26-11-17-40-16-4-5-20-45(40)47/h1-37H. The molecule has 0 amide bonds. The number of benzene rings is 11. The van der Waals surface area contributed by atoms with Crippen molar-refractivity contribution in [3.05, 3.63) is 224 Å². The van der Waals surface area contributed by atoms with Gasteiger partial charge in [-0.15, -0.1) is 0 Å². The summed E-state index contributed by atoms with van der Waals surface area (Å²) in [5.74, 6) is 0. The normalized spacial score (nSPS) is 11.7. The van der Waals surface area contributed by atoms with Gasteiger partial charge in [0.2, 0.25) is 0 Å². The summed E-state index contributed by atoms with van der Waals surface area (Å²) < 4.78 is 7.01. The van der Waals surface area contributed by atoms with Crippen LogP contribution in [0.2, 0.25) is 0 Å². The Bertz CT molecular complexity index is 3560. The number of nitrogens with zero attached hydrogens (tertiary/aromatic N) is 1. The number of hydrogen-bond acceptors (Lipinski definition) is 2. The Morgan fingerprint density at radius 2 is 0.717 bits per heavy atom. The molecule has 12 rings (SSSR count). The summed E-state index contributed by atoms with van der Waals surface area (Å²) in [6.45, 7) is 0. The van der Waals surface area contributed by atoms with E-state index < -0.39 is 0 Å². The van der Waals surface area contributed by atoms with Gasteiger partial charge >= 0.3 is 0 Å². The Hall–Kier alpha value is -7.94. The molecule has 0 spiro atoms. The maximum atomic E-state index is 7.01. The summed E-state index contributed by atoms with van der Waals surface area (Å²) in [6, 6.07) is 81.1. The molecule has 0 N–H and O–H groups in total. The van der Waals surface area contributed by atoms with E-state index in [2.05, 4.69) is 229 Å². The summed E-state index contributed by atoms with van der Waals surface area (Å²) in [5, 5.41) is 12.2. The SMILES string of the molecule is c1ccc(-c2ccc(N(c3cccc(-c4cccc5c4oc4c(-c6cccc7ccccc67)cccc45)c3)c3ccc4c5ccccc5c5ccccc5c4c3)cc2)cc1. The highest BCUT2D eigenvalue weighted by atomic mass is 16.3. The molecule has 60 heavy (non-hydrogen) atoms. The van der Waals surface area contributed by atoms with Crippen LogP contribution in [0.25, 0.3) is 98.4 Å². The molecule has 12 aromatic rings. The van der Waals surface area contributed by atoms with Crippen LogP contribution in [0, 0.1) is 0 Å². The van der Waals surface area contributed by atoms with Crippen LogP contribution in [0.1, 0.15) is 0 Å². The topological polar surface area (TPSA) is 16.4 Å². The van der Waals surface area contributed by atoms with Gasteiger partial charge in [0.1, 0.15) is 11.2 Å². The average Bonchev–Trinajstić information content (AvgIpc) is 3.72. The van der Waals surface area contributed by atoms with E-state index in [4.69, 9.17) is 4.42 Å². The van der Waals surface area contributed by atoms with Gasteiger partial charge in [-0.05, 0) is 102 Å². The average molecular weight is 764 g/mol. The zero-order valence-electron chi connectivity index (χ0n) is 32.7. The molecule has 280 valence electrons. The molecule has 0 radical (unpaired) electrons. The van der Waals surface area contributed by atoms with Crippen LogP contribution in [0.4, 0.5) is 17.1 Å². The largest absolute Gasteiger partial charge is 0.455 e. The van der Waals surface area contributed by atoms with Crippen LogP contribution >= 0.6 is 0 Å². The van der Waals surface area contributed by atoms with Crippen molar-refractivity contribution in [1.29, 1.82) is 0 Å². The van der Waals surface area contributed by atoms with Crippen LogP contribution in [-0.4, -0.2) is 0 Å². The van der Waals surface area contributed by atoms with Crippen molar-refractivity contribution in [2.75, 3.05) is 4.90 Å². The minimum Gasteiger partial charge on any atom is -0.455 e. The van der Waals surface area contributed by atoms with Crippen LogP contribution in [-0.2, 0) is 0 Å². The zero-order valence-corrected chi connectivity index (χ0v) is 32.7. The monoisotopic (exact) mass is 763 g/mol. The highest BCUT2D eigenvalue weighted by molar-refractivity contribution is 6.26. The first-order chi connectivity index (χ1) is 29.8. The molecule has 0 fully saturated rings. The molecule has 1 aromatic heterocycles. The van der Waals surface area contributed by atoms with Gasteiger partial charge in [0, 0.05) is 39.0 Å². The van der Waals surface area contributed by atoms with Crippen molar-refractivity contribution in [1.82, 2.24) is 0 Å². The molecule has 0 atom stereocenters. The van der Waals surface area contributed by atoms with Gasteiger partial charge in [0.15, 0.2) is 0 Å². The number of para-hydroxylation sites is 2. The second-order valence-corrected chi connectivity index (χ2v) is 15.6. The fraction of sp³-hybridized carbons (Fsp3) is 0. The van der Waals surface area contributed by atoms with Gasteiger partial charge in [0.05, 0.1) is 0 Å². The Morgan fingerprint density at radius 3 is 1.45 bits per heavy atom. The quantitative estimate of drug-likeness (QED) is 0.157. The van der Waals surface area contributed by atoms with Crippen molar-refractivity contribution in [2.45, 2.75) is 0 Å². The van der Waals surface area contributed by atoms with Crippen molar-refractivity contribution in [2.24, 2.45) is 0 Å². The smallest absolute Gasteiger partial charge is 0.143 e. The van der Waals surface area contributed by atoms with Gasteiger partial charge < -0.3 is 9.32 Å². The van der Waals surface area contributed by atoms with Crippen molar-refractivity contribution < 1.29 is 4.42 Å². The fourth-order valence-corrected chi connectivity index (χ4v) is 9.45. The number of furan rings is 1. The Balaban J connectivity index is 1.04. The van der Waals surface area contributed by atoms with Crippen LogP contribution in [0.3, 0.4) is 0 Å². The van der Waals surface area contributed by atoms with Gasteiger partial charge in [-0.3, -0.25) is 0 Å². The van der Waals surface area contributed by atoms with E-state index in [1.807, 2.05) is 0 Å². The first-order valence-corrected chi connectivity index (χ1v) is 20.6. The highest BCUT2D eigenvalue weighted by Crippen LogP contribution is 2.45. The van der Waals surface area contributed by atoms with E-state index in [0.717, 1.165) is 55.7 Å². The van der Waals surface area contributed by atoms with Crippen LogP contribution in [0.15, 0.2) is 229 Å². The van der Waals surface area contributed by atoms with E-state index in [9.17, 15) is 0 Å². The summed E-state index contributed by atoms with van der Waals surface area (Å²) in [6.07, 6.45) is 0. The van der Waals surface area contributed by atoms with E-state index in [1.165, 1.54) is 59.8 Å².